The molecule has 0 spiro atoms. The molecule has 1 unspecified atom stereocenters. The first-order chi connectivity index (χ1) is 6.29. The van der Waals surface area contributed by atoms with Gasteiger partial charge in [0.1, 0.15) is 0 Å². The molecule has 0 aromatic heterocycles. The Morgan fingerprint density at radius 2 is 2.38 bits per heavy atom. The monoisotopic (exact) mass is 199 g/mol. The van der Waals surface area contributed by atoms with Gasteiger partial charge < -0.3 is 5.32 Å². The van der Waals surface area contributed by atoms with Crippen molar-refractivity contribution in [2.24, 2.45) is 0 Å². The zero-order valence-electron chi connectivity index (χ0n) is 8.64. The molecule has 0 amide bonds. The minimum absolute atomic E-state index is 0.874. The molecule has 0 bridgehead atoms. The second-order valence-electron chi connectivity index (χ2n) is 3.90. The van der Waals surface area contributed by atoms with Gasteiger partial charge in [0.15, 0.2) is 0 Å². The summed E-state index contributed by atoms with van der Waals surface area (Å²) in [5.41, 5.74) is 1.28. The van der Waals surface area contributed by atoms with Crippen LogP contribution in [-0.4, -0.2) is 24.1 Å². The van der Waals surface area contributed by atoms with Crippen LogP contribution in [0.5, 0.6) is 0 Å². The normalized spacial score (nSPS) is 23.0. The zero-order chi connectivity index (χ0) is 9.52. The Hall–Kier alpha value is 0.0500. The van der Waals surface area contributed by atoms with Crippen molar-refractivity contribution < 1.29 is 0 Å². The number of nitrogens with one attached hydrogen (secondary N) is 1. The zero-order valence-corrected chi connectivity index (χ0v) is 9.46. The van der Waals surface area contributed by atoms with Crippen molar-refractivity contribution in [3.63, 3.8) is 0 Å². The topological polar surface area (TPSA) is 12.0 Å². The summed E-state index contributed by atoms with van der Waals surface area (Å²) in [4.78, 5) is 0. The molecule has 0 aliphatic carbocycles. The van der Waals surface area contributed by atoms with Crippen molar-refractivity contribution in [3.05, 3.63) is 12.2 Å². The molecule has 76 valence electrons. The first-order valence-electron chi connectivity index (χ1n) is 5.26. The third-order valence-electron chi connectivity index (χ3n) is 2.37. The third-order valence-corrected chi connectivity index (χ3v) is 3.77. The van der Waals surface area contributed by atoms with Gasteiger partial charge in [-0.3, -0.25) is 0 Å². The lowest BCUT2D eigenvalue weighted by atomic mass is 10.2. The average molecular weight is 199 g/mol. The van der Waals surface area contributed by atoms with Crippen molar-refractivity contribution in [1.29, 1.82) is 0 Å². The highest BCUT2D eigenvalue weighted by molar-refractivity contribution is 7.99. The molecule has 13 heavy (non-hydrogen) atoms. The van der Waals surface area contributed by atoms with Crippen LogP contribution in [0.2, 0.25) is 0 Å². The highest BCUT2D eigenvalue weighted by atomic mass is 32.2. The highest BCUT2D eigenvalue weighted by Crippen LogP contribution is 2.24. The lowest BCUT2D eigenvalue weighted by molar-refractivity contribution is 0.598. The lowest BCUT2D eigenvalue weighted by Crippen LogP contribution is -2.27. The number of hydrogen-bond acceptors (Lipinski definition) is 2. The molecular formula is C11H21NS. The van der Waals surface area contributed by atoms with E-state index in [4.69, 9.17) is 0 Å². The van der Waals surface area contributed by atoms with E-state index >= 15 is 0 Å². The van der Waals surface area contributed by atoms with E-state index in [2.05, 4.69) is 30.6 Å². The molecule has 1 N–H and O–H groups in total. The van der Waals surface area contributed by atoms with Crippen LogP contribution in [0.4, 0.5) is 0 Å². The van der Waals surface area contributed by atoms with E-state index in [1.165, 1.54) is 37.1 Å². The third kappa shape index (κ3) is 5.37. The first-order valence-corrected chi connectivity index (χ1v) is 6.30. The van der Waals surface area contributed by atoms with Crippen LogP contribution in [0.1, 0.15) is 32.6 Å². The predicted octanol–water partition coefficient (Wildman–Crippen LogP) is 2.83. The minimum atomic E-state index is 0.874. The molecule has 1 atom stereocenters. The standard InChI is InChI=1S/C11H21NS/c1-10(2)6-7-12-9-11-5-3-4-8-13-11/h11-12H,1,3-9H2,2H3. The van der Waals surface area contributed by atoms with Gasteiger partial charge in [-0.1, -0.05) is 12.0 Å². The van der Waals surface area contributed by atoms with Gasteiger partial charge in [0.2, 0.25) is 0 Å². The smallest absolute Gasteiger partial charge is 0.0172 e. The Bertz CT molecular complexity index is 150. The number of thioether (sulfide) groups is 1. The molecule has 1 saturated heterocycles. The van der Waals surface area contributed by atoms with E-state index in [9.17, 15) is 0 Å². The van der Waals surface area contributed by atoms with E-state index in [-0.39, 0.29) is 0 Å². The molecule has 1 aliphatic heterocycles. The molecule has 1 aliphatic rings. The molecule has 1 fully saturated rings. The summed E-state index contributed by atoms with van der Waals surface area (Å²) in [5, 5.41) is 4.38. The van der Waals surface area contributed by atoms with Crippen LogP contribution in [0.15, 0.2) is 12.2 Å². The molecule has 1 heterocycles. The van der Waals surface area contributed by atoms with Gasteiger partial charge in [-0.25, -0.2) is 0 Å². The fourth-order valence-electron chi connectivity index (χ4n) is 1.53. The summed E-state index contributed by atoms with van der Waals surface area (Å²) >= 11 is 2.14. The van der Waals surface area contributed by atoms with Gasteiger partial charge in [0.05, 0.1) is 0 Å². The molecule has 0 radical (unpaired) electrons. The van der Waals surface area contributed by atoms with Crippen molar-refractivity contribution in [2.45, 2.75) is 37.9 Å². The average Bonchev–Trinajstić information content (AvgIpc) is 2.14. The Morgan fingerprint density at radius 1 is 1.54 bits per heavy atom. The van der Waals surface area contributed by atoms with Crippen molar-refractivity contribution >= 4 is 11.8 Å². The SMILES string of the molecule is C=C(C)CCNCC1CCCCS1. The van der Waals surface area contributed by atoms with Crippen LogP contribution >= 0.6 is 11.8 Å². The fourth-order valence-corrected chi connectivity index (χ4v) is 2.81. The first kappa shape index (κ1) is 11.1. The molecule has 0 aromatic carbocycles. The van der Waals surface area contributed by atoms with E-state index in [0.717, 1.165) is 18.2 Å². The Morgan fingerprint density at radius 3 is 3.00 bits per heavy atom. The van der Waals surface area contributed by atoms with E-state index in [1.54, 1.807) is 0 Å². The molecule has 1 rings (SSSR count). The van der Waals surface area contributed by atoms with Crippen LogP contribution in [0.3, 0.4) is 0 Å². The van der Waals surface area contributed by atoms with Crippen molar-refractivity contribution in [3.8, 4) is 0 Å². The summed E-state index contributed by atoms with van der Waals surface area (Å²) in [6.45, 7) is 8.28. The van der Waals surface area contributed by atoms with Crippen molar-refractivity contribution in [1.82, 2.24) is 5.32 Å². The van der Waals surface area contributed by atoms with Gasteiger partial charge in [-0.2, -0.15) is 11.8 Å². The number of hydrogen-bond donors (Lipinski definition) is 1. The molecule has 2 heteroatoms. The maximum atomic E-state index is 3.89. The van der Waals surface area contributed by atoms with E-state index in [1.807, 2.05) is 0 Å². The minimum Gasteiger partial charge on any atom is -0.315 e. The van der Waals surface area contributed by atoms with Gasteiger partial charge in [0, 0.05) is 11.8 Å². The van der Waals surface area contributed by atoms with Gasteiger partial charge >= 0.3 is 0 Å². The van der Waals surface area contributed by atoms with Crippen LogP contribution < -0.4 is 5.32 Å². The lowest BCUT2D eigenvalue weighted by Gasteiger charge is -2.21. The maximum Gasteiger partial charge on any atom is 0.0172 e. The van der Waals surface area contributed by atoms with Crippen LogP contribution in [-0.2, 0) is 0 Å². The molecule has 0 aromatic rings. The molecule has 0 saturated carbocycles. The van der Waals surface area contributed by atoms with E-state index < -0.39 is 0 Å². The fraction of sp³-hybridized carbons (Fsp3) is 0.818. The summed E-state index contributed by atoms with van der Waals surface area (Å²) in [7, 11) is 0. The largest absolute Gasteiger partial charge is 0.315 e. The van der Waals surface area contributed by atoms with Gasteiger partial charge in [-0.05, 0) is 38.5 Å². The summed E-state index contributed by atoms with van der Waals surface area (Å²) in [5.74, 6) is 1.37. The van der Waals surface area contributed by atoms with Crippen molar-refractivity contribution in [2.75, 3.05) is 18.8 Å². The number of rotatable bonds is 5. The van der Waals surface area contributed by atoms with E-state index in [0.29, 0.717) is 0 Å². The second kappa shape index (κ2) is 6.50. The maximum absolute atomic E-state index is 3.89. The Balaban J connectivity index is 1.95. The van der Waals surface area contributed by atoms with Gasteiger partial charge in [0.25, 0.3) is 0 Å². The quantitative estimate of drug-likeness (QED) is 0.540. The Kier molecular flexibility index (Phi) is 5.56. The summed E-state index contributed by atoms with van der Waals surface area (Å²) in [6.07, 6.45) is 5.38. The second-order valence-corrected chi connectivity index (χ2v) is 5.31. The summed E-state index contributed by atoms with van der Waals surface area (Å²) < 4.78 is 0. The molecule has 1 nitrogen and oxygen atoms in total. The van der Waals surface area contributed by atoms with Crippen LogP contribution in [0.25, 0.3) is 0 Å². The highest BCUT2D eigenvalue weighted by Gasteiger charge is 2.12. The summed E-state index contributed by atoms with van der Waals surface area (Å²) in [6, 6.07) is 0. The predicted molar refractivity (Wildman–Crippen MR) is 62.4 cm³/mol. The molecular weight excluding hydrogens is 178 g/mol. The van der Waals surface area contributed by atoms with Gasteiger partial charge in [-0.15, -0.1) is 6.58 Å². The van der Waals surface area contributed by atoms with Crippen LogP contribution in [0, 0.1) is 0 Å². The Labute approximate surface area is 86.4 Å².